The lowest BCUT2D eigenvalue weighted by atomic mass is 9.97. The molecule has 0 aromatic heterocycles. The summed E-state index contributed by atoms with van der Waals surface area (Å²) in [6.45, 7) is 4.14. The van der Waals surface area contributed by atoms with Gasteiger partial charge in [-0.3, -0.25) is 4.90 Å². The molecule has 0 bridgehead atoms. The lowest BCUT2D eigenvalue weighted by molar-refractivity contribution is 0.219. The molecule has 106 valence electrons. The van der Waals surface area contributed by atoms with Gasteiger partial charge in [0.05, 0.1) is 0 Å². The van der Waals surface area contributed by atoms with E-state index in [1.807, 2.05) is 0 Å². The Balaban J connectivity index is 2.24. The van der Waals surface area contributed by atoms with E-state index < -0.39 is 0 Å². The molecule has 0 heterocycles. The summed E-state index contributed by atoms with van der Waals surface area (Å²) in [6.07, 6.45) is 1.02. The molecule has 0 aliphatic carbocycles. The minimum Gasteiger partial charge on any atom is -0.295 e. The summed E-state index contributed by atoms with van der Waals surface area (Å²) < 4.78 is 0. The van der Waals surface area contributed by atoms with E-state index >= 15 is 0 Å². The number of benzene rings is 2. The van der Waals surface area contributed by atoms with Crippen LogP contribution >= 0.6 is 11.6 Å². The zero-order valence-electron chi connectivity index (χ0n) is 12.0. The monoisotopic (exact) mass is 287 g/mol. The van der Waals surface area contributed by atoms with E-state index in [9.17, 15) is 0 Å². The van der Waals surface area contributed by atoms with Crippen LogP contribution in [-0.2, 0) is 6.42 Å². The summed E-state index contributed by atoms with van der Waals surface area (Å²) in [4.78, 5) is 2.45. The molecule has 1 atom stereocenters. The van der Waals surface area contributed by atoms with E-state index in [-0.39, 0.29) is 0 Å². The molecular weight excluding hydrogens is 266 g/mol. The number of hydrogen-bond donors (Lipinski definition) is 0. The number of likely N-dealkylation sites (N-methyl/N-ethyl adjacent to an activating group) is 1. The van der Waals surface area contributed by atoms with Gasteiger partial charge in [0, 0.05) is 18.5 Å². The largest absolute Gasteiger partial charge is 0.295 e. The average molecular weight is 288 g/mol. The molecule has 1 nitrogen and oxygen atoms in total. The van der Waals surface area contributed by atoms with Crippen molar-refractivity contribution in [2.24, 2.45) is 0 Å². The highest BCUT2D eigenvalue weighted by Gasteiger charge is 2.18. The van der Waals surface area contributed by atoms with Crippen molar-refractivity contribution in [3.8, 4) is 0 Å². The minimum absolute atomic E-state index is 0.391. The first-order valence-corrected chi connectivity index (χ1v) is 7.77. The maximum absolute atomic E-state index is 5.97. The van der Waals surface area contributed by atoms with Crippen LogP contribution in [0.5, 0.6) is 0 Å². The third-order valence-electron chi connectivity index (χ3n) is 3.67. The summed E-state index contributed by atoms with van der Waals surface area (Å²) in [5, 5.41) is 0. The van der Waals surface area contributed by atoms with Crippen LogP contribution in [0.1, 0.15) is 24.1 Å². The number of halogens is 1. The molecule has 0 spiro atoms. The predicted molar refractivity (Wildman–Crippen MR) is 87.3 cm³/mol. The molecule has 0 radical (unpaired) electrons. The standard InChI is InChI=1S/C18H22ClN/c1-2-20(14-13-19)18(17-11-7-4-8-12-17)15-16-9-5-3-6-10-16/h3-12,18H,2,13-15H2,1H3/t18-/m1/s1. The Morgan fingerprint density at radius 3 is 2.10 bits per heavy atom. The fourth-order valence-electron chi connectivity index (χ4n) is 2.61. The Kier molecular flexibility index (Phi) is 6.10. The van der Waals surface area contributed by atoms with Gasteiger partial charge in [-0.1, -0.05) is 67.6 Å². The van der Waals surface area contributed by atoms with Crippen LogP contribution in [0.25, 0.3) is 0 Å². The van der Waals surface area contributed by atoms with Gasteiger partial charge in [0.2, 0.25) is 0 Å². The van der Waals surface area contributed by atoms with Crippen molar-refractivity contribution in [3.63, 3.8) is 0 Å². The molecule has 0 unspecified atom stereocenters. The van der Waals surface area contributed by atoms with Crippen molar-refractivity contribution >= 4 is 11.6 Å². The van der Waals surface area contributed by atoms with Gasteiger partial charge in [-0.05, 0) is 24.1 Å². The number of alkyl halides is 1. The fourth-order valence-corrected chi connectivity index (χ4v) is 2.83. The molecule has 2 heteroatoms. The number of nitrogens with zero attached hydrogens (tertiary/aromatic N) is 1. The van der Waals surface area contributed by atoms with Crippen LogP contribution < -0.4 is 0 Å². The third-order valence-corrected chi connectivity index (χ3v) is 3.84. The van der Waals surface area contributed by atoms with E-state index in [4.69, 9.17) is 11.6 Å². The molecule has 2 rings (SSSR count). The van der Waals surface area contributed by atoms with Crippen LogP contribution in [-0.4, -0.2) is 23.9 Å². The van der Waals surface area contributed by atoms with Gasteiger partial charge >= 0.3 is 0 Å². The van der Waals surface area contributed by atoms with Gasteiger partial charge in [0.1, 0.15) is 0 Å². The molecule has 0 saturated carbocycles. The second-order valence-corrected chi connectivity index (χ2v) is 5.31. The zero-order chi connectivity index (χ0) is 14.2. The molecule has 0 saturated heterocycles. The summed E-state index contributed by atoms with van der Waals surface area (Å²) in [5.41, 5.74) is 2.73. The number of hydrogen-bond acceptors (Lipinski definition) is 1. The van der Waals surface area contributed by atoms with E-state index in [1.54, 1.807) is 0 Å². The van der Waals surface area contributed by atoms with Gasteiger partial charge in [0.25, 0.3) is 0 Å². The lowest BCUT2D eigenvalue weighted by Gasteiger charge is -2.31. The van der Waals surface area contributed by atoms with Gasteiger partial charge in [0.15, 0.2) is 0 Å². The van der Waals surface area contributed by atoms with Crippen LogP contribution in [0.4, 0.5) is 0 Å². The first kappa shape index (κ1) is 15.1. The summed E-state index contributed by atoms with van der Waals surface area (Å²) in [6, 6.07) is 21.8. The minimum atomic E-state index is 0.391. The Labute approximate surface area is 127 Å². The van der Waals surface area contributed by atoms with Crippen molar-refractivity contribution in [1.82, 2.24) is 4.90 Å². The van der Waals surface area contributed by atoms with Crippen molar-refractivity contribution < 1.29 is 0 Å². The van der Waals surface area contributed by atoms with E-state index in [0.717, 1.165) is 19.5 Å². The van der Waals surface area contributed by atoms with E-state index in [1.165, 1.54) is 11.1 Å². The molecule has 0 N–H and O–H groups in total. The highest BCUT2D eigenvalue weighted by molar-refractivity contribution is 6.18. The normalized spacial score (nSPS) is 12.6. The van der Waals surface area contributed by atoms with Crippen molar-refractivity contribution in [2.75, 3.05) is 19.0 Å². The molecule has 0 amide bonds. The lowest BCUT2D eigenvalue weighted by Crippen LogP contribution is -2.31. The van der Waals surface area contributed by atoms with Gasteiger partial charge in [-0.25, -0.2) is 0 Å². The molecular formula is C18H22ClN. The highest BCUT2D eigenvalue weighted by Crippen LogP contribution is 2.25. The maximum Gasteiger partial charge on any atom is 0.0388 e. The molecule has 2 aromatic carbocycles. The molecule has 2 aromatic rings. The van der Waals surface area contributed by atoms with E-state index in [0.29, 0.717) is 11.9 Å². The SMILES string of the molecule is CCN(CCCl)[C@H](Cc1ccccc1)c1ccccc1. The molecule has 0 aliphatic heterocycles. The topological polar surface area (TPSA) is 3.24 Å². The van der Waals surface area contributed by atoms with Crippen molar-refractivity contribution in [3.05, 3.63) is 71.8 Å². The molecule has 0 aliphatic rings. The zero-order valence-corrected chi connectivity index (χ0v) is 12.8. The van der Waals surface area contributed by atoms with E-state index in [2.05, 4.69) is 72.5 Å². The van der Waals surface area contributed by atoms with Gasteiger partial charge < -0.3 is 0 Å². The second-order valence-electron chi connectivity index (χ2n) is 4.93. The Hall–Kier alpha value is -1.31. The predicted octanol–water partition coefficient (Wildman–Crippen LogP) is 4.53. The summed E-state index contributed by atoms with van der Waals surface area (Å²) in [7, 11) is 0. The van der Waals surface area contributed by atoms with Gasteiger partial charge in [-0.15, -0.1) is 11.6 Å². The summed E-state index contributed by atoms with van der Waals surface area (Å²) in [5.74, 6) is 0.673. The highest BCUT2D eigenvalue weighted by atomic mass is 35.5. The van der Waals surface area contributed by atoms with Crippen molar-refractivity contribution in [1.29, 1.82) is 0 Å². The smallest absolute Gasteiger partial charge is 0.0388 e. The Bertz CT molecular complexity index is 483. The first-order valence-electron chi connectivity index (χ1n) is 7.24. The maximum atomic E-state index is 5.97. The quantitative estimate of drug-likeness (QED) is 0.676. The third kappa shape index (κ3) is 4.09. The average Bonchev–Trinajstić information content (AvgIpc) is 2.52. The molecule has 0 fully saturated rings. The summed E-state index contributed by atoms with van der Waals surface area (Å²) >= 11 is 5.97. The van der Waals surface area contributed by atoms with Crippen molar-refractivity contribution in [2.45, 2.75) is 19.4 Å². The van der Waals surface area contributed by atoms with Crippen LogP contribution in [0.2, 0.25) is 0 Å². The van der Waals surface area contributed by atoms with Crippen LogP contribution in [0, 0.1) is 0 Å². The fraction of sp³-hybridized carbons (Fsp3) is 0.333. The van der Waals surface area contributed by atoms with Crippen LogP contribution in [0.3, 0.4) is 0 Å². The van der Waals surface area contributed by atoms with Crippen LogP contribution in [0.15, 0.2) is 60.7 Å². The molecule has 20 heavy (non-hydrogen) atoms. The Morgan fingerprint density at radius 1 is 0.950 bits per heavy atom. The first-order chi connectivity index (χ1) is 9.85. The second kappa shape index (κ2) is 8.08. The van der Waals surface area contributed by atoms with Gasteiger partial charge in [-0.2, -0.15) is 0 Å². The number of rotatable bonds is 7. The Morgan fingerprint density at radius 2 is 1.55 bits per heavy atom.